The van der Waals surface area contributed by atoms with Gasteiger partial charge in [-0.05, 0) is 38.0 Å². The Kier molecular flexibility index (Phi) is 6.49. The number of halogens is 1. The molecule has 8 heteroatoms. The third-order valence-corrected chi connectivity index (χ3v) is 7.48. The molecule has 2 fully saturated rings. The number of hydrogen-bond donors (Lipinski definition) is 1. The molecule has 1 aliphatic carbocycles. The fourth-order valence-corrected chi connectivity index (χ4v) is 5.30. The van der Waals surface area contributed by atoms with Gasteiger partial charge in [0.15, 0.2) is 0 Å². The van der Waals surface area contributed by atoms with Gasteiger partial charge in [0.05, 0.1) is 10.9 Å². The fraction of sp³-hybridized carbons (Fsp3) is 0.632. The first-order valence-corrected chi connectivity index (χ1v) is 11.1. The van der Waals surface area contributed by atoms with Crippen molar-refractivity contribution >= 4 is 15.9 Å². The number of carbonyl (C=O) groups is 1. The molecule has 1 aromatic carbocycles. The zero-order valence-electron chi connectivity index (χ0n) is 15.7. The lowest BCUT2D eigenvalue weighted by Crippen LogP contribution is -2.55. The minimum absolute atomic E-state index is 0.0170. The monoisotopic (exact) mass is 397 g/mol. The Hall–Kier alpha value is -1.51. The van der Waals surface area contributed by atoms with Crippen LogP contribution in [0.15, 0.2) is 29.2 Å². The number of hydrogen-bond acceptors (Lipinski definition) is 4. The predicted octanol–water partition coefficient (Wildman–Crippen LogP) is 1.97. The summed E-state index contributed by atoms with van der Waals surface area (Å²) < 4.78 is 40.1. The average molecular weight is 398 g/mol. The Morgan fingerprint density at radius 3 is 2.44 bits per heavy atom. The molecule has 1 atom stereocenters. The first-order chi connectivity index (χ1) is 12.9. The molecule has 0 unspecified atom stereocenters. The van der Waals surface area contributed by atoms with Crippen molar-refractivity contribution in [3.8, 4) is 0 Å². The first-order valence-electron chi connectivity index (χ1n) is 9.68. The number of benzene rings is 1. The topological polar surface area (TPSA) is 69.7 Å². The predicted molar refractivity (Wildman–Crippen MR) is 101 cm³/mol. The third-order valence-electron chi connectivity index (χ3n) is 5.59. The second-order valence-corrected chi connectivity index (χ2v) is 9.35. The molecule has 1 aliphatic heterocycles. The highest BCUT2D eigenvalue weighted by molar-refractivity contribution is 7.89. The van der Waals surface area contributed by atoms with E-state index in [2.05, 4.69) is 5.32 Å². The Morgan fingerprint density at radius 2 is 1.81 bits per heavy atom. The number of sulfonamides is 1. The molecule has 6 nitrogen and oxygen atoms in total. The normalized spacial score (nSPS) is 21.7. The van der Waals surface area contributed by atoms with Crippen LogP contribution < -0.4 is 5.32 Å². The molecule has 3 rings (SSSR count). The molecule has 1 heterocycles. The Bertz CT molecular complexity index is 757. The molecule has 2 aliphatic rings. The van der Waals surface area contributed by atoms with Crippen molar-refractivity contribution in [2.45, 2.75) is 56.0 Å². The SMILES string of the molecule is C[C@H](C(=O)NC1CCCCC1)N1CCN(S(=O)(=O)c2cccc(F)c2)CC1. The van der Waals surface area contributed by atoms with Gasteiger partial charge in [-0.25, -0.2) is 12.8 Å². The van der Waals surface area contributed by atoms with E-state index in [1.54, 1.807) is 0 Å². The van der Waals surface area contributed by atoms with Gasteiger partial charge in [-0.15, -0.1) is 0 Å². The Morgan fingerprint density at radius 1 is 1.15 bits per heavy atom. The summed E-state index contributed by atoms with van der Waals surface area (Å²) in [7, 11) is -3.71. The standard InChI is InChI=1S/C19H28FN3O3S/c1-15(19(24)21-17-7-3-2-4-8-17)22-10-12-23(13-11-22)27(25,26)18-9-5-6-16(20)14-18/h5-6,9,14-15,17H,2-4,7-8,10-13H2,1H3,(H,21,24)/t15-/m1/s1. The van der Waals surface area contributed by atoms with Crippen molar-refractivity contribution in [3.63, 3.8) is 0 Å². The van der Waals surface area contributed by atoms with Gasteiger partial charge in [-0.3, -0.25) is 9.69 Å². The van der Waals surface area contributed by atoms with E-state index in [1.165, 1.54) is 28.9 Å². The number of rotatable bonds is 5. The molecule has 27 heavy (non-hydrogen) atoms. The number of amides is 1. The summed E-state index contributed by atoms with van der Waals surface area (Å²) in [4.78, 5) is 14.5. The number of nitrogens with one attached hydrogen (secondary N) is 1. The molecule has 0 aromatic heterocycles. The van der Waals surface area contributed by atoms with Crippen molar-refractivity contribution in [1.29, 1.82) is 0 Å². The molecule has 0 bridgehead atoms. The van der Waals surface area contributed by atoms with E-state index >= 15 is 0 Å². The zero-order chi connectivity index (χ0) is 19.4. The lowest BCUT2D eigenvalue weighted by molar-refractivity contribution is -0.127. The van der Waals surface area contributed by atoms with Gasteiger partial charge >= 0.3 is 0 Å². The van der Waals surface area contributed by atoms with E-state index in [1.807, 2.05) is 11.8 Å². The third kappa shape index (κ3) is 4.86. The second-order valence-electron chi connectivity index (χ2n) is 7.42. The minimum atomic E-state index is -3.71. The van der Waals surface area contributed by atoms with Crippen LogP contribution in [0.25, 0.3) is 0 Å². The highest BCUT2D eigenvalue weighted by Crippen LogP contribution is 2.20. The summed E-state index contributed by atoms with van der Waals surface area (Å²) >= 11 is 0. The first kappa shape index (κ1) is 20.2. The zero-order valence-corrected chi connectivity index (χ0v) is 16.5. The van der Waals surface area contributed by atoms with Crippen molar-refractivity contribution < 1.29 is 17.6 Å². The Labute approximate surface area is 160 Å². The molecule has 1 N–H and O–H groups in total. The van der Waals surface area contributed by atoms with Gasteiger partial charge in [-0.1, -0.05) is 25.3 Å². The second kappa shape index (κ2) is 8.67. The summed E-state index contributed by atoms with van der Waals surface area (Å²) in [5.41, 5.74) is 0. The van der Waals surface area contributed by atoms with E-state index in [4.69, 9.17) is 0 Å². The number of piperazine rings is 1. The van der Waals surface area contributed by atoms with Crippen LogP contribution in [0.4, 0.5) is 4.39 Å². The summed E-state index contributed by atoms with van der Waals surface area (Å²) in [5, 5.41) is 3.14. The summed E-state index contributed by atoms with van der Waals surface area (Å²) in [6.45, 7) is 3.41. The maximum atomic E-state index is 13.4. The van der Waals surface area contributed by atoms with E-state index in [-0.39, 0.29) is 22.9 Å². The lowest BCUT2D eigenvalue weighted by atomic mass is 9.95. The van der Waals surface area contributed by atoms with Crippen LogP contribution in [-0.2, 0) is 14.8 Å². The van der Waals surface area contributed by atoms with Crippen molar-refractivity contribution in [3.05, 3.63) is 30.1 Å². The molecular weight excluding hydrogens is 369 g/mol. The van der Waals surface area contributed by atoms with Gasteiger partial charge in [0, 0.05) is 32.2 Å². The molecule has 0 spiro atoms. The van der Waals surface area contributed by atoms with E-state index in [9.17, 15) is 17.6 Å². The van der Waals surface area contributed by atoms with Gasteiger partial charge in [0.2, 0.25) is 15.9 Å². The Balaban J connectivity index is 1.55. The van der Waals surface area contributed by atoms with Gasteiger partial charge in [0.25, 0.3) is 0 Å². The highest BCUT2D eigenvalue weighted by atomic mass is 32.2. The molecule has 1 saturated carbocycles. The van der Waals surface area contributed by atoms with Crippen molar-refractivity contribution in [2.75, 3.05) is 26.2 Å². The smallest absolute Gasteiger partial charge is 0.243 e. The molecule has 1 aromatic rings. The van der Waals surface area contributed by atoms with Crippen LogP contribution in [-0.4, -0.2) is 61.8 Å². The summed E-state index contributed by atoms with van der Waals surface area (Å²) in [6.07, 6.45) is 5.64. The summed E-state index contributed by atoms with van der Waals surface area (Å²) in [5.74, 6) is -0.550. The molecular formula is C19H28FN3O3S. The van der Waals surface area contributed by atoms with Crippen LogP contribution in [0, 0.1) is 5.82 Å². The quantitative estimate of drug-likeness (QED) is 0.825. The van der Waals surface area contributed by atoms with Crippen LogP contribution in [0.5, 0.6) is 0 Å². The number of carbonyl (C=O) groups excluding carboxylic acids is 1. The van der Waals surface area contributed by atoms with Crippen LogP contribution in [0.2, 0.25) is 0 Å². The van der Waals surface area contributed by atoms with Gasteiger partial charge in [-0.2, -0.15) is 4.31 Å². The van der Waals surface area contributed by atoms with Crippen LogP contribution in [0.1, 0.15) is 39.0 Å². The van der Waals surface area contributed by atoms with Crippen LogP contribution in [0.3, 0.4) is 0 Å². The summed E-state index contributed by atoms with van der Waals surface area (Å²) in [6, 6.07) is 5.06. The largest absolute Gasteiger partial charge is 0.352 e. The van der Waals surface area contributed by atoms with E-state index < -0.39 is 15.8 Å². The number of nitrogens with zero attached hydrogens (tertiary/aromatic N) is 2. The minimum Gasteiger partial charge on any atom is -0.352 e. The molecule has 0 radical (unpaired) electrons. The van der Waals surface area contributed by atoms with Gasteiger partial charge in [0.1, 0.15) is 5.82 Å². The van der Waals surface area contributed by atoms with Crippen molar-refractivity contribution in [2.24, 2.45) is 0 Å². The maximum Gasteiger partial charge on any atom is 0.243 e. The molecule has 1 amide bonds. The van der Waals surface area contributed by atoms with E-state index in [0.29, 0.717) is 26.2 Å². The fourth-order valence-electron chi connectivity index (χ4n) is 3.84. The van der Waals surface area contributed by atoms with E-state index in [0.717, 1.165) is 31.7 Å². The van der Waals surface area contributed by atoms with Gasteiger partial charge < -0.3 is 5.32 Å². The molecule has 1 saturated heterocycles. The maximum absolute atomic E-state index is 13.4. The van der Waals surface area contributed by atoms with Crippen molar-refractivity contribution in [1.82, 2.24) is 14.5 Å². The lowest BCUT2D eigenvalue weighted by Gasteiger charge is -2.37. The molecule has 150 valence electrons. The van der Waals surface area contributed by atoms with Crippen LogP contribution >= 0.6 is 0 Å². The average Bonchev–Trinajstić information content (AvgIpc) is 2.68. The highest BCUT2D eigenvalue weighted by Gasteiger charge is 2.32.